The maximum Gasteiger partial charge on any atom is 0.120 e. The van der Waals surface area contributed by atoms with Gasteiger partial charge in [-0.2, -0.15) is 0 Å². The van der Waals surface area contributed by atoms with Crippen molar-refractivity contribution in [1.29, 1.82) is 0 Å². The third-order valence-corrected chi connectivity index (χ3v) is 2.68. The van der Waals surface area contributed by atoms with Crippen LogP contribution in [0.25, 0.3) is 0 Å². The van der Waals surface area contributed by atoms with Crippen molar-refractivity contribution in [2.75, 3.05) is 0 Å². The van der Waals surface area contributed by atoms with Gasteiger partial charge >= 0.3 is 0 Å². The van der Waals surface area contributed by atoms with Crippen LogP contribution in [0.5, 0.6) is 5.75 Å². The first-order valence-corrected chi connectivity index (χ1v) is 5.90. The molecule has 0 N–H and O–H groups in total. The number of hydrogen-bond donors (Lipinski definition) is 0. The maximum atomic E-state index is 5.81. The lowest BCUT2D eigenvalue weighted by atomic mass is 10.1. The summed E-state index contributed by atoms with van der Waals surface area (Å²) in [4.78, 5) is 0. The molecule has 0 aliphatic carbocycles. The summed E-state index contributed by atoms with van der Waals surface area (Å²) in [6.45, 7) is 6.91. The third-order valence-electron chi connectivity index (χ3n) is 2.68. The van der Waals surface area contributed by atoms with E-state index < -0.39 is 0 Å². The van der Waals surface area contributed by atoms with E-state index >= 15 is 0 Å². The van der Waals surface area contributed by atoms with E-state index in [0.717, 1.165) is 5.75 Å². The molecule has 2 rings (SSSR count). The van der Waals surface area contributed by atoms with Crippen molar-refractivity contribution in [3.8, 4) is 5.75 Å². The van der Waals surface area contributed by atoms with Crippen molar-refractivity contribution in [1.82, 2.24) is 0 Å². The molecule has 0 heterocycles. The minimum atomic E-state index is 0.630. The fourth-order valence-corrected chi connectivity index (χ4v) is 1.98. The molecular weight excluding hydrogens is 208 g/mol. The fraction of sp³-hybridized carbons (Fsp3) is 0.250. The lowest BCUT2D eigenvalue weighted by Gasteiger charge is -2.08. The van der Waals surface area contributed by atoms with Gasteiger partial charge in [-0.1, -0.05) is 35.9 Å². The van der Waals surface area contributed by atoms with E-state index in [0.29, 0.717) is 6.61 Å². The third kappa shape index (κ3) is 3.35. The Morgan fingerprint density at radius 1 is 0.824 bits per heavy atom. The predicted octanol–water partition coefficient (Wildman–Crippen LogP) is 4.19. The molecule has 2 aromatic carbocycles. The highest BCUT2D eigenvalue weighted by molar-refractivity contribution is 5.33. The van der Waals surface area contributed by atoms with Crippen LogP contribution in [-0.4, -0.2) is 0 Å². The monoisotopic (exact) mass is 226 g/mol. The van der Waals surface area contributed by atoms with Gasteiger partial charge in [-0.3, -0.25) is 0 Å². The summed E-state index contributed by atoms with van der Waals surface area (Å²) in [6.07, 6.45) is 0. The standard InChI is InChI=1S/C16H18O/c1-12-5-4-6-15(8-12)11-17-16-9-13(2)7-14(3)10-16/h4-10H,11H2,1-3H3. The highest BCUT2D eigenvalue weighted by Crippen LogP contribution is 2.17. The Morgan fingerprint density at radius 3 is 2.18 bits per heavy atom. The van der Waals surface area contributed by atoms with Gasteiger partial charge in [0.05, 0.1) is 0 Å². The quantitative estimate of drug-likeness (QED) is 0.762. The molecule has 0 bridgehead atoms. The van der Waals surface area contributed by atoms with Crippen LogP contribution < -0.4 is 4.74 Å². The van der Waals surface area contributed by atoms with E-state index in [1.54, 1.807) is 0 Å². The molecule has 1 nitrogen and oxygen atoms in total. The number of benzene rings is 2. The van der Waals surface area contributed by atoms with E-state index in [-0.39, 0.29) is 0 Å². The second-order valence-corrected chi connectivity index (χ2v) is 4.60. The molecular formula is C16H18O. The summed E-state index contributed by atoms with van der Waals surface area (Å²) in [5, 5.41) is 0. The van der Waals surface area contributed by atoms with Crippen LogP contribution in [0.1, 0.15) is 22.3 Å². The zero-order valence-corrected chi connectivity index (χ0v) is 10.7. The minimum absolute atomic E-state index is 0.630. The topological polar surface area (TPSA) is 9.23 Å². The van der Waals surface area contributed by atoms with Crippen molar-refractivity contribution >= 4 is 0 Å². The molecule has 0 aliphatic rings. The highest BCUT2D eigenvalue weighted by atomic mass is 16.5. The lowest BCUT2D eigenvalue weighted by molar-refractivity contribution is 0.306. The normalized spacial score (nSPS) is 10.3. The summed E-state index contributed by atoms with van der Waals surface area (Å²) in [5.74, 6) is 0.948. The van der Waals surface area contributed by atoms with Crippen molar-refractivity contribution in [3.63, 3.8) is 0 Å². The Bertz CT molecular complexity index is 494. The molecule has 0 spiro atoms. The molecule has 0 radical (unpaired) electrons. The second-order valence-electron chi connectivity index (χ2n) is 4.60. The van der Waals surface area contributed by atoms with E-state index in [1.165, 1.54) is 22.3 Å². The summed E-state index contributed by atoms with van der Waals surface area (Å²) in [6, 6.07) is 14.7. The van der Waals surface area contributed by atoms with Crippen molar-refractivity contribution < 1.29 is 4.74 Å². The van der Waals surface area contributed by atoms with Crippen molar-refractivity contribution in [2.24, 2.45) is 0 Å². The first-order valence-electron chi connectivity index (χ1n) is 5.90. The average Bonchev–Trinajstić information content (AvgIpc) is 2.25. The molecule has 0 saturated heterocycles. The molecule has 0 aromatic heterocycles. The zero-order chi connectivity index (χ0) is 12.3. The van der Waals surface area contributed by atoms with Gasteiger partial charge in [-0.25, -0.2) is 0 Å². The minimum Gasteiger partial charge on any atom is -0.489 e. The molecule has 0 fully saturated rings. The second kappa shape index (κ2) is 5.05. The van der Waals surface area contributed by atoms with E-state index in [2.05, 4.69) is 63.2 Å². The highest BCUT2D eigenvalue weighted by Gasteiger charge is 1.98. The van der Waals surface area contributed by atoms with Gasteiger partial charge < -0.3 is 4.74 Å². The molecule has 88 valence electrons. The summed E-state index contributed by atoms with van der Waals surface area (Å²) in [5.41, 5.74) is 4.96. The molecule has 0 aliphatic heterocycles. The molecule has 0 saturated carbocycles. The smallest absolute Gasteiger partial charge is 0.120 e. The van der Waals surface area contributed by atoms with Crippen LogP contribution in [0.4, 0.5) is 0 Å². The van der Waals surface area contributed by atoms with Gasteiger partial charge in [0.1, 0.15) is 12.4 Å². The van der Waals surface area contributed by atoms with Crippen LogP contribution in [0.3, 0.4) is 0 Å². The van der Waals surface area contributed by atoms with Gasteiger partial charge in [0.2, 0.25) is 0 Å². The van der Waals surface area contributed by atoms with Crippen molar-refractivity contribution in [2.45, 2.75) is 27.4 Å². The molecule has 17 heavy (non-hydrogen) atoms. The summed E-state index contributed by atoms with van der Waals surface area (Å²) in [7, 11) is 0. The zero-order valence-electron chi connectivity index (χ0n) is 10.7. The number of ether oxygens (including phenoxy) is 1. The van der Waals surface area contributed by atoms with Gasteiger partial charge in [-0.05, 0) is 49.6 Å². The molecule has 0 atom stereocenters. The average molecular weight is 226 g/mol. The predicted molar refractivity (Wildman–Crippen MR) is 71.4 cm³/mol. The number of aryl methyl sites for hydroxylation is 3. The Kier molecular flexibility index (Phi) is 3.48. The fourth-order valence-electron chi connectivity index (χ4n) is 1.98. The SMILES string of the molecule is Cc1cccc(COc2cc(C)cc(C)c2)c1. The lowest BCUT2D eigenvalue weighted by Crippen LogP contribution is -1.96. The Hall–Kier alpha value is -1.76. The first kappa shape index (κ1) is 11.7. The van der Waals surface area contributed by atoms with E-state index in [1.807, 2.05) is 0 Å². The molecule has 0 unspecified atom stereocenters. The molecule has 1 heteroatoms. The number of rotatable bonds is 3. The van der Waals surface area contributed by atoms with Crippen LogP contribution >= 0.6 is 0 Å². The van der Waals surface area contributed by atoms with E-state index in [4.69, 9.17) is 4.74 Å². The van der Waals surface area contributed by atoms with Crippen LogP contribution in [0, 0.1) is 20.8 Å². The van der Waals surface area contributed by atoms with Crippen LogP contribution in [-0.2, 0) is 6.61 Å². The first-order chi connectivity index (χ1) is 8.13. The summed E-state index contributed by atoms with van der Waals surface area (Å²) >= 11 is 0. The largest absolute Gasteiger partial charge is 0.489 e. The van der Waals surface area contributed by atoms with Gasteiger partial charge in [0.25, 0.3) is 0 Å². The van der Waals surface area contributed by atoms with Crippen molar-refractivity contribution in [3.05, 3.63) is 64.7 Å². The van der Waals surface area contributed by atoms with Crippen LogP contribution in [0.15, 0.2) is 42.5 Å². The van der Waals surface area contributed by atoms with Gasteiger partial charge in [0.15, 0.2) is 0 Å². The van der Waals surface area contributed by atoms with Gasteiger partial charge in [0, 0.05) is 0 Å². The Balaban J connectivity index is 2.07. The van der Waals surface area contributed by atoms with Gasteiger partial charge in [-0.15, -0.1) is 0 Å². The summed E-state index contributed by atoms with van der Waals surface area (Å²) < 4.78 is 5.81. The molecule has 2 aromatic rings. The molecule has 0 amide bonds. The van der Waals surface area contributed by atoms with E-state index in [9.17, 15) is 0 Å². The Labute approximate surface area is 103 Å². The Morgan fingerprint density at radius 2 is 1.53 bits per heavy atom. The van der Waals surface area contributed by atoms with Crippen LogP contribution in [0.2, 0.25) is 0 Å². The number of hydrogen-bond acceptors (Lipinski definition) is 1. The maximum absolute atomic E-state index is 5.81.